The van der Waals surface area contributed by atoms with Gasteiger partial charge in [-0.2, -0.15) is 5.26 Å². The van der Waals surface area contributed by atoms with Gasteiger partial charge in [-0.15, -0.1) is 0 Å². The summed E-state index contributed by atoms with van der Waals surface area (Å²) in [5.41, 5.74) is 1.54. The van der Waals surface area contributed by atoms with Gasteiger partial charge in [-0.25, -0.2) is 0 Å². The Morgan fingerprint density at radius 3 is 2.71 bits per heavy atom. The highest BCUT2D eigenvalue weighted by Gasteiger charge is 2.54. The van der Waals surface area contributed by atoms with Gasteiger partial charge in [0, 0.05) is 0 Å². The van der Waals surface area contributed by atoms with Crippen molar-refractivity contribution in [3.63, 3.8) is 0 Å². The van der Waals surface area contributed by atoms with E-state index in [1.54, 1.807) is 0 Å². The Morgan fingerprint density at radius 2 is 2.12 bits per heavy atom. The summed E-state index contributed by atoms with van der Waals surface area (Å²) < 4.78 is 0. The van der Waals surface area contributed by atoms with Crippen molar-refractivity contribution >= 4 is 0 Å². The molecule has 1 saturated carbocycles. The maximum atomic E-state index is 9.82. The molecule has 0 spiro atoms. The number of nitriles is 1. The molecule has 0 aromatic carbocycles. The topological polar surface area (TPSA) is 23.8 Å². The van der Waals surface area contributed by atoms with E-state index in [0.717, 1.165) is 0 Å². The van der Waals surface area contributed by atoms with Crippen LogP contribution in [-0.2, 0) is 0 Å². The van der Waals surface area contributed by atoms with E-state index >= 15 is 0 Å². The Labute approximate surface area is 106 Å². The van der Waals surface area contributed by atoms with E-state index in [2.05, 4.69) is 39.8 Å². The lowest BCUT2D eigenvalue weighted by atomic mass is 9.49. The van der Waals surface area contributed by atoms with Crippen molar-refractivity contribution in [3.05, 3.63) is 11.6 Å². The highest BCUT2D eigenvalue weighted by molar-refractivity contribution is 5.30. The van der Waals surface area contributed by atoms with Crippen LogP contribution >= 0.6 is 0 Å². The largest absolute Gasteiger partial charge is 0.197 e. The molecule has 0 heterocycles. The zero-order valence-electron chi connectivity index (χ0n) is 11.7. The Morgan fingerprint density at radius 1 is 1.41 bits per heavy atom. The summed E-state index contributed by atoms with van der Waals surface area (Å²) in [5.74, 6) is 1.11. The van der Waals surface area contributed by atoms with Gasteiger partial charge in [0.1, 0.15) is 0 Å². The molecule has 0 saturated heterocycles. The van der Waals surface area contributed by atoms with Gasteiger partial charge in [0.05, 0.1) is 11.5 Å². The summed E-state index contributed by atoms with van der Waals surface area (Å²) in [4.78, 5) is 0. The van der Waals surface area contributed by atoms with Crippen LogP contribution in [0.4, 0.5) is 0 Å². The van der Waals surface area contributed by atoms with Crippen molar-refractivity contribution in [2.24, 2.45) is 22.7 Å². The smallest absolute Gasteiger partial charge is 0.0835 e. The van der Waals surface area contributed by atoms with E-state index in [4.69, 9.17) is 0 Å². The molecule has 0 bridgehead atoms. The van der Waals surface area contributed by atoms with E-state index in [0.29, 0.717) is 11.8 Å². The minimum absolute atomic E-state index is 0.191. The summed E-state index contributed by atoms with van der Waals surface area (Å²) >= 11 is 0. The van der Waals surface area contributed by atoms with E-state index in [9.17, 15) is 5.26 Å². The van der Waals surface area contributed by atoms with Gasteiger partial charge < -0.3 is 0 Å². The Bertz CT molecular complexity index is 373. The van der Waals surface area contributed by atoms with Crippen LogP contribution in [0.5, 0.6) is 0 Å². The number of fused-ring (bicyclic) bond motifs is 1. The van der Waals surface area contributed by atoms with Crippen molar-refractivity contribution in [2.75, 3.05) is 0 Å². The molecule has 2 aliphatic carbocycles. The first-order chi connectivity index (χ1) is 7.95. The van der Waals surface area contributed by atoms with Gasteiger partial charge in [0.25, 0.3) is 0 Å². The molecular formula is C16H25N. The lowest BCUT2D eigenvalue weighted by Gasteiger charge is -2.53. The monoisotopic (exact) mass is 231 g/mol. The van der Waals surface area contributed by atoms with Crippen molar-refractivity contribution in [1.29, 1.82) is 5.26 Å². The number of nitrogens with zero attached hydrogens (tertiary/aromatic N) is 1. The molecule has 0 aliphatic heterocycles. The predicted molar refractivity (Wildman–Crippen MR) is 71.3 cm³/mol. The average Bonchev–Trinajstić information content (AvgIpc) is 2.28. The summed E-state index contributed by atoms with van der Waals surface area (Å²) in [5, 5.41) is 9.82. The zero-order valence-corrected chi connectivity index (χ0v) is 11.7. The number of hydrogen-bond acceptors (Lipinski definition) is 1. The minimum Gasteiger partial charge on any atom is -0.197 e. The van der Waals surface area contributed by atoms with Crippen LogP contribution in [0, 0.1) is 34.0 Å². The van der Waals surface area contributed by atoms with Gasteiger partial charge in [0.2, 0.25) is 0 Å². The summed E-state index contributed by atoms with van der Waals surface area (Å²) in [6, 6.07) is 2.72. The number of hydrogen-bond donors (Lipinski definition) is 0. The molecule has 0 radical (unpaired) electrons. The Kier molecular flexibility index (Phi) is 3.10. The van der Waals surface area contributed by atoms with Gasteiger partial charge in [-0.1, -0.05) is 45.8 Å². The fourth-order valence-electron chi connectivity index (χ4n) is 3.99. The molecule has 0 amide bonds. The minimum atomic E-state index is -0.191. The van der Waals surface area contributed by atoms with Crippen LogP contribution in [0.1, 0.15) is 59.8 Å². The van der Waals surface area contributed by atoms with Gasteiger partial charge in [0.15, 0.2) is 0 Å². The third-order valence-corrected chi connectivity index (χ3v) is 5.45. The molecule has 17 heavy (non-hydrogen) atoms. The Hall–Kier alpha value is -0.770. The quantitative estimate of drug-likeness (QED) is 0.600. The fourth-order valence-corrected chi connectivity index (χ4v) is 3.99. The van der Waals surface area contributed by atoms with Crippen LogP contribution < -0.4 is 0 Å². The van der Waals surface area contributed by atoms with E-state index in [1.165, 1.54) is 37.7 Å². The molecule has 3 atom stereocenters. The van der Waals surface area contributed by atoms with Crippen molar-refractivity contribution in [3.8, 4) is 6.07 Å². The maximum Gasteiger partial charge on any atom is 0.0835 e. The second kappa shape index (κ2) is 4.16. The van der Waals surface area contributed by atoms with Crippen molar-refractivity contribution in [1.82, 2.24) is 0 Å². The van der Waals surface area contributed by atoms with Gasteiger partial charge in [-0.3, -0.25) is 0 Å². The van der Waals surface area contributed by atoms with E-state index in [1.807, 2.05) is 0 Å². The molecule has 0 aromatic rings. The first-order valence-electron chi connectivity index (χ1n) is 7.08. The summed E-state index contributed by atoms with van der Waals surface area (Å²) in [6.45, 7) is 9.14. The van der Waals surface area contributed by atoms with Gasteiger partial charge >= 0.3 is 0 Å². The van der Waals surface area contributed by atoms with Gasteiger partial charge in [-0.05, 0) is 42.9 Å². The van der Waals surface area contributed by atoms with Crippen LogP contribution in [0.3, 0.4) is 0 Å². The Balaban J connectivity index is 2.49. The molecule has 1 fully saturated rings. The fraction of sp³-hybridized carbons (Fsp3) is 0.812. The highest BCUT2D eigenvalue weighted by atomic mass is 14.6. The molecule has 0 N–H and O–H groups in total. The lowest BCUT2D eigenvalue weighted by Crippen LogP contribution is -2.47. The molecule has 0 unspecified atom stereocenters. The van der Waals surface area contributed by atoms with Crippen LogP contribution in [-0.4, -0.2) is 0 Å². The lowest BCUT2D eigenvalue weighted by molar-refractivity contribution is 0.0246. The SMILES string of the molecule is CC(C)C1=C[C@]2(C#N)[C@@H](C)CCC[C@@]2(C)CC1. The first kappa shape index (κ1) is 12.7. The second-order valence-electron chi connectivity index (χ2n) is 6.71. The molecule has 0 aromatic heterocycles. The normalized spacial score (nSPS) is 41.6. The van der Waals surface area contributed by atoms with Crippen molar-refractivity contribution in [2.45, 2.75) is 59.8 Å². The predicted octanol–water partition coefficient (Wildman–Crippen LogP) is 4.70. The maximum absolute atomic E-state index is 9.82. The molecule has 1 heteroatoms. The molecule has 94 valence electrons. The molecule has 2 rings (SSSR count). The third kappa shape index (κ3) is 1.73. The second-order valence-corrected chi connectivity index (χ2v) is 6.71. The third-order valence-electron chi connectivity index (χ3n) is 5.45. The standard InChI is InChI=1S/C16H25N/c1-12(2)14-7-9-15(4)8-5-6-13(3)16(15,10-14)11-17/h10,12-13H,5-9H2,1-4H3/t13-,15-,16-/m0/s1. The van der Waals surface area contributed by atoms with Crippen LogP contribution in [0.25, 0.3) is 0 Å². The van der Waals surface area contributed by atoms with E-state index in [-0.39, 0.29) is 10.8 Å². The van der Waals surface area contributed by atoms with Crippen molar-refractivity contribution < 1.29 is 0 Å². The first-order valence-corrected chi connectivity index (χ1v) is 7.08. The van der Waals surface area contributed by atoms with E-state index < -0.39 is 0 Å². The summed E-state index contributed by atoms with van der Waals surface area (Å²) in [7, 11) is 0. The number of allylic oxidation sites excluding steroid dienone is 2. The summed E-state index contributed by atoms with van der Waals surface area (Å²) in [6.07, 6.45) is 8.51. The average molecular weight is 231 g/mol. The highest BCUT2D eigenvalue weighted by Crippen LogP contribution is 2.60. The number of rotatable bonds is 1. The molecule has 1 nitrogen and oxygen atoms in total. The van der Waals surface area contributed by atoms with Crippen LogP contribution in [0.15, 0.2) is 11.6 Å². The molecule has 2 aliphatic rings. The molecular weight excluding hydrogens is 206 g/mol. The van der Waals surface area contributed by atoms with Crippen LogP contribution in [0.2, 0.25) is 0 Å². The zero-order chi connectivity index (χ0) is 12.7.